The van der Waals surface area contributed by atoms with Gasteiger partial charge in [-0.1, -0.05) is 0 Å². The molecular weight excluding hydrogens is 256 g/mol. The lowest BCUT2D eigenvalue weighted by Gasteiger charge is -2.09. The van der Waals surface area contributed by atoms with Gasteiger partial charge in [-0.2, -0.15) is 0 Å². The van der Waals surface area contributed by atoms with Crippen molar-refractivity contribution in [3.63, 3.8) is 0 Å². The van der Waals surface area contributed by atoms with Gasteiger partial charge in [0.1, 0.15) is 5.69 Å². The molecular formula is C15H22N2O3. The highest BCUT2D eigenvalue weighted by Crippen LogP contribution is 2.17. The van der Waals surface area contributed by atoms with Crippen LogP contribution in [0.4, 0.5) is 0 Å². The lowest BCUT2D eigenvalue weighted by molar-refractivity contribution is 0.0942. The SMILES string of the molecule is O=C(NCCCCC1CCCO1)c1cc(CO)ccn1. The largest absolute Gasteiger partial charge is 0.392 e. The molecule has 2 rings (SSSR count). The van der Waals surface area contributed by atoms with Crippen LogP contribution >= 0.6 is 0 Å². The summed E-state index contributed by atoms with van der Waals surface area (Å²) in [6.07, 6.45) is 7.40. The number of ether oxygens (including phenoxy) is 1. The first kappa shape index (κ1) is 14.9. The summed E-state index contributed by atoms with van der Waals surface area (Å²) in [5.74, 6) is -0.183. The molecule has 1 atom stereocenters. The Hall–Kier alpha value is -1.46. The molecule has 5 heteroatoms. The van der Waals surface area contributed by atoms with Gasteiger partial charge in [0.05, 0.1) is 12.7 Å². The number of nitrogens with one attached hydrogen (secondary N) is 1. The van der Waals surface area contributed by atoms with Gasteiger partial charge in [-0.25, -0.2) is 0 Å². The van der Waals surface area contributed by atoms with E-state index in [-0.39, 0.29) is 12.5 Å². The third kappa shape index (κ3) is 4.58. The van der Waals surface area contributed by atoms with Crippen molar-refractivity contribution < 1.29 is 14.6 Å². The van der Waals surface area contributed by atoms with Gasteiger partial charge < -0.3 is 15.2 Å². The van der Waals surface area contributed by atoms with Gasteiger partial charge >= 0.3 is 0 Å². The predicted molar refractivity (Wildman–Crippen MR) is 75.3 cm³/mol. The van der Waals surface area contributed by atoms with E-state index < -0.39 is 0 Å². The highest BCUT2D eigenvalue weighted by Gasteiger charge is 2.14. The molecule has 2 N–H and O–H groups in total. The first-order valence-corrected chi connectivity index (χ1v) is 7.25. The fourth-order valence-corrected chi connectivity index (χ4v) is 2.36. The Morgan fingerprint density at radius 3 is 3.15 bits per heavy atom. The molecule has 1 aliphatic rings. The van der Waals surface area contributed by atoms with Crippen molar-refractivity contribution in [3.05, 3.63) is 29.6 Å². The van der Waals surface area contributed by atoms with Gasteiger partial charge in [-0.3, -0.25) is 9.78 Å². The summed E-state index contributed by atoms with van der Waals surface area (Å²) >= 11 is 0. The van der Waals surface area contributed by atoms with Crippen LogP contribution in [0.1, 0.15) is 48.2 Å². The van der Waals surface area contributed by atoms with Crippen LogP contribution in [0.5, 0.6) is 0 Å². The molecule has 2 heterocycles. The number of aliphatic hydroxyl groups excluding tert-OH is 1. The topological polar surface area (TPSA) is 71.5 Å². The number of hydrogen-bond acceptors (Lipinski definition) is 4. The number of carbonyl (C=O) groups is 1. The number of hydrogen-bond donors (Lipinski definition) is 2. The zero-order chi connectivity index (χ0) is 14.2. The molecule has 0 spiro atoms. The van der Waals surface area contributed by atoms with Gasteiger partial charge in [0.15, 0.2) is 0 Å². The van der Waals surface area contributed by atoms with Gasteiger partial charge in [0.2, 0.25) is 0 Å². The molecule has 0 bridgehead atoms. The van der Waals surface area contributed by atoms with E-state index in [1.54, 1.807) is 12.1 Å². The molecule has 1 unspecified atom stereocenters. The van der Waals surface area contributed by atoms with Crippen LogP contribution in [-0.2, 0) is 11.3 Å². The first-order chi connectivity index (χ1) is 9.79. The second-order valence-electron chi connectivity index (χ2n) is 5.09. The van der Waals surface area contributed by atoms with E-state index >= 15 is 0 Å². The van der Waals surface area contributed by atoms with Gasteiger partial charge in [0.25, 0.3) is 5.91 Å². The fraction of sp³-hybridized carbons (Fsp3) is 0.600. The minimum Gasteiger partial charge on any atom is -0.392 e. The summed E-state index contributed by atoms with van der Waals surface area (Å²) in [5, 5.41) is 11.9. The lowest BCUT2D eigenvalue weighted by atomic mass is 10.1. The van der Waals surface area contributed by atoms with E-state index in [4.69, 9.17) is 9.84 Å². The van der Waals surface area contributed by atoms with E-state index in [1.165, 1.54) is 19.0 Å². The first-order valence-electron chi connectivity index (χ1n) is 7.25. The zero-order valence-electron chi connectivity index (χ0n) is 11.7. The van der Waals surface area contributed by atoms with E-state index in [9.17, 15) is 4.79 Å². The normalized spacial score (nSPS) is 18.1. The van der Waals surface area contributed by atoms with Crippen molar-refractivity contribution >= 4 is 5.91 Å². The summed E-state index contributed by atoms with van der Waals surface area (Å²) < 4.78 is 5.55. The fourth-order valence-electron chi connectivity index (χ4n) is 2.36. The molecule has 1 aliphatic heterocycles. The standard InChI is InChI=1S/C15H22N2O3/c18-11-12-6-8-16-14(10-12)15(19)17-7-2-1-4-13-5-3-9-20-13/h6,8,10,13,18H,1-5,7,9,11H2,(H,17,19). The zero-order valence-corrected chi connectivity index (χ0v) is 11.7. The van der Waals surface area contributed by atoms with Crippen LogP contribution < -0.4 is 5.32 Å². The van der Waals surface area contributed by atoms with E-state index in [1.807, 2.05) is 0 Å². The Balaban J connectivity index is 1.64. The van der Waals surface area contributed by atoms with Crippen molar-refractivity contribution in [2.45, 2.75) is 44.8 Å². The number of pyridine rings is 1. The van der Waals surface area contributed by atoms with Crippen molar-refractivity contribution in [3.8, 4) is 0 Å². The van der Waals surface area contributed by atoms with Crippen molar-refractivity contribution in [2.24, 2.45) is 0 Å². The summed E-state index contributed by atoms with van der Waals surface area (Å²) in [5.41, 5.74) is 1.05. The van der Waals surface area contributed by atoms with Crippen molar-refractivity contribution in [1.82, 2.24) is 10.3 Å². The molecule has 1 saturated heterocycles. The average molecular weight is 278 g/mol. The van der Waals surface area contributed by atoms with E-state index in [2.05, 4.69) is 10.3 Å². The average Bonchev–Trinajstić information content (AvgIpc) is 3.00. The maximum absolute atomic E-state index is 11.9. The lowest BCUT2D eigenvalue weighted by Crippen LogP contribution is -2.25. The smallest absolute Gasteiger partial charge is 0.269 e. The van der Waals surface area contributed by atoms with Gasteiger partial charge in [-0.15, -0.1) is 0 Å². The van der Waals surface area contributed by atoms with Crippen molar-refractivity contribution in [1.29, 1.82) is 0 Å². The molecule has 20 heavy (non-hydrogen) atoms. The highest BCUT2D eigenvalue weighted by molar-refractivity contribution is 5.92. The molecule has 1 aromatic rings. The summed E-state index contributed by atoms with van der Waals surface area (Å²) in [4.78, 5) is 15.9. The molecule has 0 aromatic carbocycles. The molecule has 0 aliphatic carbocycles. The van der Waals surface area contributed by atoms with E-state index in [0.29, 0.717) is 23.9 Å². The van der Waals surface area contributed by atoms with Crippen LogP contribution in [0.15, 0.2) is 18.3 Å². The summed E-state index contributed by atoms with van der Waals surface area (Å²) in [6, 6.07) is 3.31. The quantitative estimate of drug-likeness (QED) is 0.744. The Morgan fingerprint density at radius 2 is 2.40 bits per heavy atom. The Kier molecular flexibility index (Phi) is 5.95. The molecule has 0 radical (unpaired) electrons. The van der Waals surface area contributed by atoms with Crippen LogP contribution in [0.2, 0.25) is 0 Å². The Labute approximate surface area is 119 Å². The number of rotatable bonds is 7. The number of carbonyl (C=O) groups excluding carboxylic acids is 1. The predicted octanol–water partition coefficient (Wildman–Crippen LogP) is 1.65. The minimum absolute atomic E-state index is 0.0792. The van der Waals surface area contributed by atoms with Crippen LogP contribution in [0, 0.1) is 0 Å². The molecule has 110 valence electrons. The van der Waals surface area contributed by atoms with Gasteiger partial charge in [0, 0.05) is 19.3 Å². The van der Waals surface area contributed by atoms with E-state index in [0.717, 1.165) is 25.9 Å². The molecule has 5 nitrogen and oxygen atoms in total. The number of aromatic nitrogens is 1. The summed E-state index contributed by atoms with van der Waals surface area (Å²) in [6.45, 7) is 1.47. The molecule has 1 aromatic heterocycles. The molecule has 0 saturated carbocycles. The van der Waals surface area contributed by atoms with Crippen molar-refractivity contribution in [2.75, 3.05) is 13.2 Å². The number of nitrogens with zero attached hydrogens (tertiary/aromatic N) is 1. The molecule has 1 amide bonds. The minimum atomic E-state index is -0.183. The second-order valence-corrected chi connectivity index (χ2v) is 5.09. The monoisotopic (exact) mass is 278 g/mol. The maximum Gasteiger partial charge on any atom is 0.269 e. The second kappa shape index (κ2) is 7.97. The number of unbranched alkanes of at least 4 members (excludes halogenated alkanes) is 1. The van der Waals surface area contributed by atoms with Gasteiger partial charge in [-0.05, 0) is 49.8 Å². The van der Waals surface area contributed by atoms with Crippen LogP contribution in [0.3, 0.4) is 0 Å². The van der Waals surface area contributed by atoms with Crippen LogP contribution in [0.25, 0.3) is 0 Å². The third-order valence-electron chi connectivity index (χ3n) is 3.50. The highest BCUT2D eigenvalue weighted by atomic mass is 16.5. The van der Waals surface area contributed by atoms with Crippen LogP contribution in [-0.4, -0.2) is 35.3 Å². The number of aliphatic hydroxyl groups is 1. The summed E-state index contributed by atoms with van der Waals surface area (Å²) in [7, 11) is 0. The molecule has 1 fully saturated rings. The number of amides is 1. The Morgan fingerprint density at radius 1 is 1.50 bits per heavy atom. The maximum atomic E-state index is 11.9. The Bertz CT molecular complexity index is 431. The third-order valence-corrected chi connectivity index (χ3v) is 3.50.